The summed E-state index contributed by atoms with van der Waals surface area (Å²) in [6.07, 6.45) is 3.46. The van der Waals surface area contributed by atoms with Crippen molar-refractivity contribution in [3.8, 4) is 0 Å². The summed E-state index contributed by atoms with van der Waals surface area (Å²) in [6.45, 7) is -0.0228. The molecule has 2 heterocycles. The molecule has 0 bridgehead atoms. The maximum atomic E-state index is 13.4. The lowest BCUT2D eigenvalue weighted by Crippen LogP contribution is -2.60. The number of Topliss-reactive ketones (excluding diaryl/α,β-unsaturated/α-hetero) is 1. The number of hydrogen-bond acceptors (Lipinski definition) is 5. The van der Waals surface area contributed by atoms with Crippen molar-refractivity contribution < 1.29 is 23.5 Å². The second kappa shape index (κ2) is 8.95. The average molecular weight is 461 g/mol. The van der Waals surface area contributed by atoms with Gasteiger partial charge in [-0.2, -0.15) is 0 Å². The van der Waals surface area contributed by atoms with E-state index in [1.165, 1.54) is 12.1 Å². The Morgan fingerprint density at radius 1 is 1.18 bits per heavy atom. The molecule has 2 fully saturated rings. The molecule has 1 saturated heterocycles. The molecule has 3 unspecified atom stereocenters. The van der Waals surface area contributed by atoms with Crippen molar-refractivity contribution in [3.05, 3.63) is 77.7 Å². The molecule has 1 aromatic heterocycles. The highest BCUT2D eigenvalue weighted by Gasteiger charge is 2.55. The zero-order chi connectivity index (χ0) is 23.7. The van der Waals surface area contributed by atoms with Gasteiger partial charge in [0.1, 0.15) is 24.0 Å². The summed E-state index contributed by atoms with van der Waals surface area (Å²) in [6, 6.07) is 13.5. The van der Waals surface area contributed by atoms with Crippen molar-refractivity contribution in [3.63, 3.8) is 0 Å². The van der Waals surface area contributed by atoms with Crippen molar-refractivity contribution in [1.29, 1.82) is 0 Å². The number of halogens is 1. The Hall–Kier alpha value is -3.65. The predicted molar refractivity (Wildman–Crippen MR) is 123 cm³/mol. The molecule has 1 aliphatic heterocycles. The summed E-state index contributed by atoms with van der Waals surface area (Å²) in [7, 11) is 0. The molecule has 3 aromatic rings. The lowest BCUT2D eigenvalue weighted by atomic mass is 9.91. The molecule has 34 heavy (non-hydrogen) atoms. The lowest BCUT2D eigenvalue weighted by Gasteiger charge is -2.30. The van der Waals surface area contributed by atoms with Crippen LogP contribution in [0.25, 0.3) is 10.9 Å². The molecule has 174 valence electrons. The van der Waals surface area contributed by atoms with E-state index in [-0.39, 0.29) is 30.7 Å². The molecule has 0 radical (unpaired) electrons. The molecular formula is C26H24FN3O4. The Morgan fingerprint density at radius 2 is 2.00 bits per heavy atom. The van der Waals surface area contributed by atoms with Crippen LogP contribution in [-0.2, 0) is 20.7 Å². The van der Waals surface area contributed by atoms with Crippen LogP contribution in [0.2, 0.25) is 0 Å². The van der Waals surface area contributed by atoms with Crippen molar-refractivity contribution >= 4 is 28.5 Å². The first-order valence-corrected chi connectivity index (χ1v) is 11.3. The molecule has 5 rings (SSSR count). The number of fused-ring (bicyclic) bond motifs is 2. The standard InChI is InChI=1S/C26H24FN3O4/c27-19-8-5-16(6-9-19)13-21(25(33)30-26-11-1-4-23(26)34-15-22(26)31)29-24(32)18-7-10-20-17(14-18)3-2-12-28-20/h2-3,5-10,12,14,21,23H,1,4,11,13,15H2,(H,29,32)(H,30,33). The molecule has 1 aliphatic carbocycles. The van der Waals surface area contributed by atoms with Crippen LogP contribution in [-0.4, -0.2) is 46.9 Å². The number of hydrogen-bond donors (Lipinski definition) is 2. The number of aromatic nitrogens is 1. The predicted octanol–water partition coefficient (Wildman–Crippen LogP) is 2.72. The normalized spacial score (nSPS) is 22.4. The topological polar surface area (TPSA) is 97.4 Å². The second-order valence-corrected chi connectivity index (χ2v) is 8.84. The molecule has 8 heteroatoms. The first-order chi connectivity index (χ1) is 16.4. The number of ether oxygens (including phenoxy) is 1. The number of rotatable bonds is 6. The van der Waals surface area contributed by atoms with Gasteiger partial charge < -0.3 is 15.4 Å². The Bertz CT molecular complexity index is 1260. The molecule has 2 aromatic carbocycles. The van der Waals surface area contributed by atoms with Gasteiger partial charge in [0, 0.05) is 23.6 Å². The highest BCUT2D eigenvalue weighted by molar-refractivity contribution is 6.02. The minimum absolute atomic E-state index is 0.0228. The fourth-order valence-electron chi connectivity index (χ4n) is 4.87. The van der Waals surface area contributed by atoms with Crippen molar-refractivity contribution in [2.24, 2.45) is 0 Å². The Balaban J connectivity index is 1.40. The zero-order valence-electron chi connectivity index (χ0n) is 18.4. The first-order valence-electron chi connectivity index (χ1n) is 11.3. The third kappa shape index (κ3) is 4.17. The Kier molecular flexibility index (Phi) is 5.83. The number of nitrogens with zero attached hydrogens (tertiary/aromatic N) is 1. The van der Waals surface area contributed by atoms with Gasteiger partial charge in [-0.25, -0.2) is 4.39 Å². The summed E-state index contributed by atoms with van der Waals surface area (Å²) < 4.78 is 19.0. The van der Waals surface area contributed by atoms with E-state index < -0.39 is 23.4 Å². The SMILES string of the molecule is O=C(NC(Cc1ccc(F)cc1)C(=O)NC12CCCC1OCC2=O)c1ccc2ncccc2c1. The minimum atomic E-state index is -1.04. The Morgan fingerprint density at radius 3 is 2.82 bits per heavy atom. The summed E-state index contributed by atoms with van der Waals surface area (Å²) in [4.78, 5) is 43.4. The summed E-state index contributed by atoms with van der Waals surface area (Å²) in [5.74, 6) is -1.43. The molecular weight excluding hydrogens is 437 g/mol. The largest absolute Gasteiger partial charge is 0.367 e. The number of carbonyl (C=O) groups is 3. The zero-order valence-corrected chi connectivity index (χ0v) is 18.4. The molecule has 1 saturated carbocycles. The van der Waals surface area contributed by atoms with Gasteiger partial charge in [0.15, 0.2) is 5.78 Å². The van der Waals surface area contributed by atoms with Crippen molar-refractivity contribution in [2.75, 3.05) is 6.61 Å². The number of carbonyl (C=O) groups excluding carboxylic acids is 3. The van der Waals surface area contributed by atoms with Crippen LogP contribution in [0.15, 0.2) is 60.8 Å². The van der Waals surface area contributed by atoms with Crippen LogP contribution < -0.4 is 10.6 Å². The molecule has 0 spiro atoms. The lowest BCUT2D eigenvalue weighted by molar-refractivity contribution is -0.131. The maximum Gasteiger partial charge on any atom is 0.251 e. The van der Waals surface area contributed by atoms with Crippen LogP contribution in [0.5, 0.6) is 0 Å². The minimum Gasteiger partial charge on any atom is -0.367 e. The highest BCUT2D eigenvalue weighted by Crippen LogP contribution is 2.37. The van der Waals surface area contributed by atoms with E-state index in [1.54, 1.807) is 42.6 Å². The van der Waals surface area contributed by atoms with Gasteiger partial charge in [-0.3, -0.25) is 19.4 Å². The van der Waals surface area contributed by atoms with E-state index >= 15 is 0 Å². The smallest absolute Gasteiger partial charge is 0.251 e. The summed E-state index contributed by atoms with van der Waals surface area (Å²) in [5, 5.41) is 6.52. The van der Waals surface area contributed by atoms with Crippen LogP contribution in [0.4, 0.5) is 4.39 Å². The number of pyridine rings is 1. The van der Waals surface area contributed by atoms with Gasteiger partial charge in [0.25, 0.3) is 5.91 Å². The van der Waals surface area contributed by atoms with Gasteiger partial charge >= 0.3 is 0 Å². The molecule has 3 atom stereocenters. The maximum absolute atomic E-state index is 13.4. The van der Waals surface area contributed by atoms with E-state index in [0.29, 0.717) is 24.0 Å². The molecule has 2 amide bonds. The number of benzene rings is 2. The van der Waals surface area contributed by atoms with Gasteiger partial charge in [-0.1, -0.05) is 18.2 Å². The van der Waals surface area contributed by atoms with Gasteiger partial charge in [0.2, 0.25) is 5.91 Å². The first kappa shape index (κ1) is 22.2. The average Bonchev–Trinajstić information content (AvgIpc) is 3.38. The Labute approximate surface area is 195 Å². The van der Waals surface area contributed by atoms with E-state index in [1.807, 2.05) is 6.07 Å². The van der Waals surface area contributed by atoms with E-state index in [9.17, 15) is 18.8 Å². The van der Waals surface area contributed by atoms with Gasteiger partial charge in [-0.15, -0.1) is 0 Å². The quantitative estimate of drug-likeness (QED) is 0.588. The van der Waals surface area contributed by atoms with Crippen LogP contribution >= 0.6 is 0 Å². The van der Waals surface area contributed by atoms with Crippen LogP contribution in [0, 0.1) is 5.82 Å². The van der Waals surface area contributed by atoms with Crippen molar-refractivity contribution in [2.45, 2.75) is 43.4 Å². The summed E-state index contributed by atoms with van der Waals surface area (Å²) >= 11 is 0. The van der Waals surface area contributed by atoms with Crippen molar-refractivity contribution in [1.82, 2.24) is 15.6 Å². The molecule has 2 aliphatic rings. The second-order valence-electron chi connectivity index (χ2n) is 8.84. The number of amides is 2. The van der Waals surface area contributed by atoms with Gasteiger partial charge in [-0.05, 0) is 61.2 Å². The monoisotopic (exact) mass is 461 g/mol. The van der Waals surface area contributed by atoms with Crippen LogP contribution in [0.1, 0.15) is 35.2 Å². The highest BCUT2D eigenvalue weighted by atomic mass is 19.1. The van der Waals surface area contributed by atoms with E-state index in [4.69, 9.17) is 4.74 Å². The number of nitrogens with one attached hydrogen (secondary N) is 2. The molecule has 7 nitrogen and oxygen atoms in total. The fourth-order valence-corrected chi connectivity index (χ4v) is 4.87. The molecule has 2 N–H and O–H groups in total. The van der Waals surface area contributed by atoms with E-state index in [2.05, 4.69) is 15.6 Å². The third-order valence-corrected chi connectivity index (χ3v) is 6.69. The van der Waals surface area contributed by atoms with E-state index in [0.717, 1.165) is 17.3 Å². The third-order valence-electron chi connectivity index (χ3n) is 6.69. The fraction of sp³-hybridized carbons (Fsp3) is 0.308. The van der Waals surface area contributed by atoms with Crippen LogP contribution in [0.3, 0.4) is 0 Å². The van der Waals surface area contributed by atoms with Gasteiger partial charge in [0.05, 0.1) is 11.6 Å². The summed E-state index contributed by atoms with van der Waals surface area (Å²) in [5.41, 5.74) is 0.775. The number of ketones is 1.